The van der Waals surface area contributed by atoms with E-state index in [1.165, 1.54) is 0 Å². The summed E-state index contributed by atoms with van der Waals surface area (Å²) in [5, 5.41) is 5.80. The van der Waals surface area contributed by atoms with Gasteiger partial charge in [-0.2, -0.15) is 8.78 Å². The highest BCUT2D eigenvalue weighted by molar-refractivity contribution is 7.99. The molecule has 31 heavy (non-hydrogen) atoms. The van der Waals surface area contributed by atoms with Crippen LogP contribution in [0, 0.1) is 0 Å². The number of nitrogens with zero attached hydrogens (tertiary/aromatic N) is 2. The van der Waals surface area contributed by atoms with Gasteiger partial charge in [0, 0.05) is 6.04 Å². The van der Waals surface area contributed by atoms with Crippen LogP contribution in [0.2, 0.25) is 0 Å². The van der Waals surface area contributed by atoms with E-state index in [0.717, 1.165) is 42.0 Å². The van der Waals surface area contributed by atoms with E-state index in [-0.39, 0.29) is 22.9 Å². The third-order valence-corrected chi connectivity index (χ3v) is 6.18. The van der Waals surface area contributed by atoms with Crippen molar-refractivity contribution in [3.63, 3.8) is 0 Å². The van der Waals surface area contributed by atoms with Gasteiger partial charge in [-0.25, -0.2) is 4.98 Å². The van der Waals surface area contributed by atoms with Crippen LogP contribution in [-0.4, -0.2) is 33.2 Å². The Hall–Kier alpha value is -2.94. The Balaban J connectivity index is 1.44. The number of hydrogen-bond donors (Lipinski definition) is 2. The third kappa shape index (κ3) is 4.87. The SMILES string of the molecule is O=C(CSc1nc2ccccc2n1C(F)F)Nc1ccccc1C(=O)NC1CCCC1. The van der Waals surface area contributed by atoms with Gasteiger partial charge in [0.2, 0.25) is 5.91 Å². The number of alkyl halides is 2. The fourth-order valence-electron chi connectivity index (χ4n) is 3.75. The first-order valence-electron chi connectivity index (χ1n) is 10.1. The largest absolute Gasteiger partial charge is 0.349 e. The van der Waals surface area contributed by atoms with E-state index >= 15 is 0 Å². The van der Waals surface area contributed by atoms with Crippen LogP contribution >= 0.6 is 11.8 Å². The Kier molecular flexibility index (Phi) is 6.50. The van der Waals surface area contributed by atoms with Crippen LogP contribution in [0.3, 0.4) is 0 Å². The summed E-state index contributed by atoms with van der Waals surface area (Å²) in [5.74, 6) is -0.747. The molecule has 0 bridgehead atoms. The first-order valence-corrected chi connectivity index (χ1v) is 11.1. The number of aromatic nitrogens is 2. The third-order valence-electron chi connectivity index (χ3n) is 5.23. The number of carbonyl (C=O) groups is 2. The van der Waals surface area contributed by atoms with Crippen molar-refractivity contribution in [2.45, 2.75) is 43.4 Å². The van der Waals surface area contributed by atoms with E-state index < -0.39 is 12.5 Å². The maximum absolute atomic E-state index is 13.5. The summed E-state index contributed by atoms with van der Waals surface area (Å²) in [7, 11) is 0. The molecule has 0 unspecified atom stereocenters. The highest BCUT2D eigenvalue weighted by Crippen LogP contribution is 2.29. The van der Waals surface area contributed by atoms with Crippen molar-refractivity contribution < 1.29 is 18.4 Å². The van der Waals surface area contributed by atoms with Crippen LogP contribution in [0.4, 0.5) is 14.5 Å². The number of benzene rings is 2. The number of hydrogen-bond acceptors (Lipinski definition) is 4. The summed E-state index contributed by atoms with van der Waals surface area (Å²) >= 11 is 0.928. The lowest BCUT2D eigenvalue weighted by Gasteiger charge is -2.15. The second kappa shape index (κ2) is 9.47. The molecule has 1 aliphatic rings. The number of imidazole rings is 1. The van der Waals surface area contributed by atoms with Gasteiger partial charge >= 0.3 is 6.55 Å². The molecule has 3 aromatic rings. The van der Waals surface area contributed by atoms with E-state index in [4.69, 9.17) is 0 Å². The predicted octanol–water partition coefficient (Wildman–Crippen LogP) is 4.83. The number of thioether (sulfide) groups is 1. The summed E-state index contributed by atoms with van der Waals surface area (Å²) in [5.41, 5.74) is 1.53. The van der Waals surface area contributed by atoms with Gasteiger partial charge in [-0.3, -0.25) is 14.2 Å². The maximum atomic E-state index is 13.5. The van der Waals surface area contributed by atoms with E-state index in [0.29, 0.717) is 22.3 Å². The molecule has 0 saturated heterocycles. The number of halogens is 2. The number of rotatable bonds is 7. The quantitative estimate of drug-likeness (QED) is 0.512. The molecular weight excluding hydrogens is 422 g/mol. The van der Waals surface area contributed by atoms with Crippen LogP contribution in [0.15, 0.2) is 53.7 Å². The number of nitrogens with one attached hydrogen (secondary N) is 2. The number of fused-ring (bicyclic) bond motifs is 1. The molecule has 1 aliphatic carbocycles. The monoisotopic (exact) mass is 444 g/mol. The molecule has 0 atom stereocenters. The predicted molar refractivity (Wildman–Crippen MR) is 117 cm³/mol. The van der Waals surface area contributed by atoms with Crippen molar-refractivity contribution in [2.24, 2.45) is 0 Å². The summed E-state index contributed by atoms with van der Waals surface area (Å²) in [6.07, 6.45) is 4.12. The molecule has 0 radical (unpaired) electrons. The molecule has 2 aromatic carbocycles. The van der Waals surface area contributed by atoms with Gasteiger partial charge in [-0.05, 0) is 37.1 Å². The van der Waals surface area contributed by atoms with E-state index in [1.54, 1.807) is 48.5 Å². The fourth-order valence-corrected chi connectivity index (χ4v) is 4.56. The number of carbonyl (C=O) groups excluding carboxylic acids is 2. The molecular formula is C22H22F2N4O2S. The summed E-state index contributed by atoms with van der Waals surface area (Å²) in [4.78, 5) is 29.4. The lowest BCUT2D eigenvalue weighted by molar-refractivity contribution is -0.113. The van der Waals surface area contributed by atoms with Crippen LogP contribution in [0.25, 0.3) is 11.0 Å². The van der Waals surface area contributed by atoms with Crippen LogP contribution in [-0.2, 0) is 4.79 Å². The molecule has 4 rings (SSSR count). The maximum Gasteiger partial charge on any atom is 0.321 e. The Morgan fingerprint density at radius 2 is 1.81 bits per heavy atom. The smallest absolute Gasteiger partial charge is 0.321 e. The lowest BCUT2D eigenvalue weighted by atomic mass is 10.1. The molecule has 6 nitrogen and oxygen atoms in total. The Bertz CT molecular complexity index is 1100. The van der Waals surface area contributed by atoms with Crippen LogP contribution in [0.5, 0.6) is 0 Å². The molecule has 2 N–H and O–H groups in total. The van der Waals surface area contributed by atoms with Gasteiger partial charge in [0.25, 0.3) is 5.91 Å². The fraction of sp³-hybridized carbons (Fsp3) is 0.318. The number of para-hydroxylation sites is 3. The molecule has 1 heterocycles. The molecule has 1 saturated carbocycles. The Labute approximate surface area is 182 Å². The van der Waals surface area contributed by atoms with Gasteiger partial charge < -0.3 is 10.6 Å². The number of amides is 2. The van der Waals surface area contributed by atoms with Crippen molar-refractivity contribution in [1.82, 2.24) is 14.9 Å². The van der Waals surface area contributed by atoms with E-state index in [9.17, 15) is 18.4 Å². The number of anilines is 1. The first kappa shape index (κ1) is 21.3. The molecule has 162 valence electrons. The summed E-state index contributed by atoms with van der Waals surface area (Å²) in [6.45, 7) is -2.77. The molecule has 0 aliphatic heterocycles. The topological polar surface area (TPSA) is 76.0 Å². The van der Waals surface area contributed by atoms with Gasteiger partial charge in [0.1, 0.15) is 0 Å². The molecule has 1 fully saturated rings. The summed E-state index contributed by atoms with van der Waals surface area (Å²) in [6, 6.07) is 13.5. The Morgan fingerprint density at radius 1 is 1.10 bits per heavy atom. The van der Waals surface area contributed by atoms with Crippen molar-refractivity contribution in [2.75, 3.05) is 11.1 Å². The van der Waals surface area contributed by atoms with Gasteiger partial charge in [0.05, 0.1) is 28.0 Å². The van der Waals surface area contributed by atoms with E-state index in [1.807, 2.05) is 0 Å². The van der Waals surface area contributed by atoms with Gasteiger partial charge in [0.15, 0.2) is 5.16 Å². The van der Waals surface area contributed by atoms with E-state index in [2.05, 4.69) is 15.6 Å². The second-order valence-electron chi connectivity index (χ2n) is 7.37. The minimum atomic E-state index is -2.77. The first-order chi connectivity index (χ1) is 15.0. The highest BCUT2D eigenvalue weighted by Gasteiger charge is 2.21. The van der Waals surface area contributed by atoms with Crippen molar-refractivity contribution in [3.05, 3.63) is 54.1 Å². The standard InChI is InChI=1S/C22H22F2N4O2S/c23-21(24)28-18-12-6-5-11-17(18)27-22(28)31-13-19(29)26-16-10-4-3-9-15(16)20(30)25-14-7-1-2-8-14/h3-6,9-12,14,21H,1-2,7-8,13H2,(H,25,30)(H,26,29). The van der Waals surface area contributed by atoms with Crippen LogP contribution in [0.1, 0.15) is 42.6 Å². The molecule has 9 heteroatoms. The van der Waals surface area contributed by atoms with Crippen molar-refractivity contribution in [3.8, 4) is 0 Å². The average Bonchev–Trinajstić information content (AvgIpc) is 3.39. The molecule has 0 spiro atoms. The van der Waals surface area contributed by atoms with Crippen molar-refractivity contribution in [1.29, 1.82) is 0 Å². The second-order valence-corrected chi connectivity index (χ2v) is 8.31. The van der Waals surface area contributed by atoms with Gasteiger partial charge in [-0.1, -0.05) is 48.9 Å². The zero-order valence-electron chi connectivity index (χ0n) is 16.7. The zero-order chi connectivity index (χ0) is 21.8. The highest BCUT2D eigenvalue weighted by atomic mass is 32.2. The zero-order valence-corrected chi connectivity index (χ0v) is 17.5. The van der Waals surface area contributed by atoms with Crippen LogP contribution < -0.4 is 10.6 Å². The normalized spacial score (nSPS) is 14.3. The average molecular weight is 445 g/mol. The minimum absolute atomic E-state index is 0.0682. The van der Waals surface area contributed by atoms with Crippen molar-refractivity contribution >= 4 is 40.3 Å². The lowest BCUT2D eigenvalue weighted by Crippen LogP contribution is -2.33. The Morgan fingerprint density at radius 3 is 2.58 bits per heavy atom. The summed E-state index contributed by atoms with van der Waals surface area (Å²) < 4.78 is 27.9. The minimum Gasteiger partial charge on any atom is -0.349 e. The molecule has 2 amide bonds. The molecule has 1 aromatic heterocycles. The van der Waals surface area contributed by atoms with Gasteiger partial charge in [-0.15, -0.1) is 0 Å².